The van der Waals surface area contributed by atoms with Crippen LogP contribution in [-0.4, -0.2) is 10.1 Å². The van der Waals surface area contributed by atoms with Gasteiger partial charge in [-0.1, -0.05) is 6.07 Å². The van der Waals surface area contributed by atoms with E-state index in [1.165, 1.54) is 0 Å². The van der Waals surface area contributed by atoms with E-state index < -0.39 is 6.10 Å². The predicted molar refractivity (Wildman–Crippen MR) is 56.3 cm³/mol. The van der Waals surface area contributed by atoms with Crippen LogP contribution in [0.2, 0.25) is 0 Å². The molecule has 3 heteroatoms. The van der Waals surface area contributed by atoms with Crippen molar-refractivity contribution in [2.24, 2.45) is 0 Å². The Bertz CT molecular complexity index is 423. The molecular weight excluding hydrogens is 190 g/mol. The van der Waals surface area contributed by atoms with E-state index in [2.05, 4.69) is 4.98 Å². The normalized spacial score (nSPS) is 12.7. The van der Waals surface area contributed by atoms with Gasteiger partial charge in [0.05, 0.1) is 6.26 Å². The summed E-state index contributed by atoms with van der Waals surface area (Å²) in [5.74, 6) is 0.582. The fraction of sp³-hybridized carbons (Fsp3) is 0.250. The molecule has 0 amide bonds. The summed E-state index contributed by atoms with van der Waals surface area (Å²) in [5, 5.41) is 9.82. The van der Waals surface area contributed by atoms with Crippen LogP contribution in [0.15, 0.2) is 41.0 Å². The second-order valence-electron chi connectivity index (χ2n) is 3.51. The van der Waals surface area contributed by atoms with Crippen LogP contribution in [0.4, 0.5) is 0 Å². The molecule has 0 aliphatic rings. The van der Waals surface area contributed by atoms with Crippen molar-refractivity contribution in [3.63, 3.8) is 0 Å². The molecule has 0 aromatic carbocycles. The van der Waals surface area contributed by atoms with Gasteiger partial charge in [0.15, 0.2) is 0 Å². The molecule has 0 bridgehead atoms. The zero-order valence-corrected chi connectivity index (χ0v) is 8.55. The highest BCUT2D eigenvalue weighted by atomic mass is 16.4. The summed E-state index contributed by atoms with van der Waals surface area (Å²) >= 11 is 0. The molecule has 0 aliphatic heterocycles. The summed E-state index contributed by atoms with van der Waals surface area (Å²) in [6, 6.07) is 9.30. The van der Waals surface area contributed by atoms with Crippen LogP contribution in [0, 0.1) is 6.92 Å². The number of hydrogen-bond acceptors (Lipinski definition) is 3. The molecule has 1 N–H and O–H groups in total. The lowest BCUT2D eigenvalue weighted by molar-refractivity contribution is 0.149. The van der Waals surface area contributed by atoms with Gasteiger partial charge in [-0.2, -0.15) is 0 Å². The van der Waals surface area contributed by atoms with Crippen LogP contribution in [0.1, 0.15) is 23.3 Å². The van der Waals surface area contributed by atoms with E-state index in [1.807, 2.05) is 25.1 Å². The molecule has 0 unspecified atom stereocenters. The van der Waals surface area contributed by atoms with Crippen molar-refractivity contribution in [1.29, 1.82) is 0 Å². The van der Waals surface area contributed by atoms with Gasteiger partial charge in [0, 0.05) is 17.8 Å². The largest absolute Gasteiger partial charge is 0.467 e. The molecule has 0 radical (unpaired) electrons. The van der Waals surface area contributed by atoms with E-state index in [4.69, 9.17) is 4.42 Å². The fourth-order valence-corrected chi connectivity index (χ4v) is 1.49. The summed E-state index contributed by atoms with van der Waals surface area (Å²) in [5.41, 5.74) is 1.83. The second kappa shape index (κ2) is 4.28. The highest BCUT2D eigenvalue weighted by molar-refractivity contribution is 5.13. The lowest BCUT2D eigenvalue weighted by Gasteiger charge is -2.07. The first-order valence-corrected chi connectivity index (χ1v) is 4.90. The van der Waals surface area contributed by atoms with Gasteiger partial charge >= 0.3 is 0 Å². The van der Waals surface area contributed by atoms with E-state index >= 15 is 0 Å². The number of aliphatic hydroxyl groups excluding tert-OH is 1. The molecule has 2 rings (SSSR count). The molecule has 78 valence electrons. The Morgan fingerprint density at radius 3 is 2.87 bits per heavy atom. The lowest BCUT2D eigenvalue weighted by atomic mass is 10.1. The first kappa shape index (κ1) is 9.93. The molecule has 3 nitrogen and oxygen atoms in total. The summed E-state index contributed by atoms with van der Waals surface area (Å²) in [6.45, 7) is 1.93. The van der Waals surface area contributed by atoms with Gasteiger partial charge in [-0.15, -0.1) is 0 Å². The number of hydrogen-bond donors (Lipinski definition) is 1. The van der Waals surface area contributed by atoms with Gasteiger partial charge < -0.3 is 9.52 Å². The molecule has 15 heavy (non-hydrogen) atoms. The Morgan fingerprint density at radius 2 is 2.20 bits per heavy atom. The van der Waals surface area contributed by atoms with Crippen LogP contribution in [0.5, 0.6) is 0 Å². The van der Waals surface area contributed by atoms with Gasteiger partial charge in [-0.25, -0.2) is 0 Å². The SMILES string of the molecule is Cc1cccc(C[C@@H](O)c2ccco2)n1. The third-order valence-corrected chi connectivity index (χ3v) is 2.22. The van der Waals surface area contributed by atoms with Crippen molar-refractivity contribution < 1.29 is 9.52 Å². The topological polar surface area (TPSA) is 46.3 Å². The first-order chi connectivity index (χ1) is 7.25. The summed E-state index contributed by atoms with van der Waals surface area (Å²) < 4.78 is 5.12. The van der Waals surface area contributed by atoms with Crippen molar-refractivity contribution in [3.05, 3.63) is 53.7 Å². The van der Waals surface area contributed by atoms with Gasteiger partial charge in [0.1, 0.15) is 11.9 Å². The number of aliphatic hydroxyl groups is 1. The number of aryl methyl sites for hydroxylation is 1. The van der Waals surface area contributed by atoms with Gasteiger partial charge in [-0.3, -0.25) is 4.98 Å². The minimum absolute atomic E-state index is 0.481. The quantitative estimate of drug-likeness (QED) is 0.832. The maximum absolute atomic E-state index is 9.82. The fourth-order valence-electron chi connectivity index (χ4n) is 1.49. The highest BCUT2D eigenvalue weighted by Gasteiger charge is 2.11. The van der Waals surface area contributed by atoms with Crippen LogP contribution in [0.3, 0.4) is 0 Å². The third-order valence-electron chi connectivity index (χ3n) is 2.22. The zero-order valence-electron chi connectivity index (χ0n) is 8.55. The first-order valence-electron chi connectivity index (χ1n) is 4.90. The van der Waals surface area contributed by atoms with Crippen molar-refractivity contribution in [2.75, 3.05) is 0 Å². The highest BCUT2D eigenvalue weighted by Crippen LogP contribution is 2.17. The third kappa shape index (κ3) is 2.44. The minimum atomic E-state index is -0.616. The Morgan fingerprint density at radius 1 is 1.33 bits per heavy atom. The molecule has 2 aromatic rings. The average Bonchev–Trinajstić information content (AvgIpc) is 2.70. The maximum Gasteiger partial charge on any atom is 0.132 e. The molecule has 0 saturated carbocycles. The molecule has 0 saturated heterocycles. The average molecular weight is 203 g/mol. The maximum atomic E-state index is 9.82. The van der Waals surface area contributed by atoms with E-state index in [0.717, 1.165) is 11.4 Å². The Hall–Kier alpha value is -1.61. The number of rotatable bonds is 3. The van der Waals surface area contributed by atoms with Crippen molar-refractivity contribution in [3.8, 4) is 0 Å². The predicted octanol–water partition coefficient (Wildman–Crippen LogP) is 2.26. The smallest absolute Gasteiger partial charge is 0.132 e. The Labute approximate surface area is 88.4 Å². The number of nitrogens with zero attached hydrogens (tertiary/aromatic N) is 1. The monoisotopic (exact) mass is 203 g/mol. The van der Waals surface area contributed by atoms with Gasteiger partial charge in [0.2, 0.25) is 0 Å². The van der Waals surface area contributed by atoms with E-state index in [0.29, 0.717) is 12.2 Å². The van der Waals surface area contributed by atoms with Gasteiger partial charge in [0.25, 0.3) is 0 Å². The molecular formula is C12H13NO2. The van der Waals surface area contributed by atoms with Crippen LogP contribution in [-0.2, 0) is 6.42 Å². The number of aromatic nitrogens is 1. The number of pyridine rings is 1. The Kier molecular flexibility index (Phi) is 2.83. The zero-order chi connectivity index (χ0) is 10.7. The number of furan rings is 1. The molecule has 1 atom stereocenters. The van der Waals surface area contributed by atoms with Crippen molar-refractivity contribution in [2.45, 2.75) is 19.4 Å². The standard InChI is InChI=1S/C12H13NO2/c1-9-4-2-5-10(13-9)8-11(14)12-6-3-7-15-12/h2-7,11,14H,8H2,1H3/t11-/m1/s1. The second-order valence-corrected chi connectivity index (χ2v) is 3.51. The Balaban J connectivity index is 2.09. The molecule has 2 aromatic heterocycles. The lowest BCUT2D eigenvalue weighted by Crippen LogP contribution is -2.02. The minimum Gasteiger partial charge on any atom is -0.467 e. The van der Waals surface area contributed by atoms with Crippen molar-refractivity contribution in [1.82, 2.24) is 4.98 Å². The summed E-state index contributed by atoms with van der Waals surface area (Å²) in [6.07, 6.45) is 1.42. The van der Waals surface area contributed by atoms with E-state index in [-0.39, 0.29) is 0 Å². The molecule has 0 fully saturated rings. The summed E-state index contributed by atoms with van der Waals surface area (Å²) in [4.78, 5) is 4.32. The van der Waals surface area contributed by atoms with Crippen LogP contribution in [0.25, 0.3) is 0 Å². The van der Waals surface area contributed by atoms with Gasteiger partial charge in [-0.05, 0) is 31.2 Å². The van der Waals surface area contributed by atoms with Crippen molar-refractivity contribution >= 4 is 0 Å². The molecule has 0 spiro atoms. The molecule has 0 aliphatic carbocycles. The van der Waals surface area contributed by atoms with Crippen LogP contribution >= 0.6 is 0 Å². The van der Waals surface area contributed by atoms with E-state index in [9.17, 15) is 5.11 Å². The van der Waals surface area contributed by atoms with E-state index in [1.54, 1.807) is 18.4 Å². The molecule has 2 heterocycles. The van der Waals surface area contributed by atoms with Crippen LogP contribution < -0.4 is 0 Å². The summed E-state index contributed by atoms with van der Waals surface area (Å²) in [7, 11) is 0.